The predicted molar refractivity (Wildman–Crippen MR) is 78.3 cm³/mol. The van der Waals surface area contributed by atoms with Crippen LogP contribution in [0.15, 0.2) is 36.8 Å². The molecule has 1 atom stereocenters. The summed E-state index contributed by atoms with van der Waals surface area (Å²) < 4.78 is 0. The zero-order chi connectivity index (χ0) is 16.1. The highest BCUT2D eigenvalue weighted by molar-refractivity contribution is 5.93. The average molecular weight is 300 g/mol. The van der Waals surface area contributed by atoms with Gasteiger partial charge in [0.2, 0.25) is 0 Å². The summed E-state index contributed by atoms with van der Waals surface area (Å²) in [6.07, 6.45) is 3.50. The number of hydrogen-bond donors (Lipinski definition) is 1. The minimum absolute atomic E-state index is 0.0832. The Labute approximate surface area is 127 Å². The first kappa shape index (κ1) is 15.6. The maximum absolute atomic E-state index is 11.5. The molecular formula is C15H16N4O3. The molecule has 0 bridgehead atoms. The van der Waals surface area contributed by atoms with Crippen molar-refractivity contribution in [2.45, 2.75) is 26.4 Å². The van der Waals surface area contributed by atoms with Crippen molar-refractivity contribution in [3.05, 3.63) is 53.9 Å². The highest BCUT2D eigenvalue weighted by Crippen LogP contribution is 2.18. The summed E-state index contributed by atoms with van der Waals surface area (Å²) in [5.41, 5.74) is 1.04. The minimum Gasteiger partial charge on any atom is -0.465 e. The Bertz CT molecular complexity index is 658. The SMILES string of the molecule is CC(=O)c1ccc(CN(C(=O)O)[C@H](C)c2ncccn2)nc1. The number of carbonyl (C=O) groups excluding carboxylic acids is 1. The van der Waals surface area contributed by atoms with Crippen molar-refractivity contribution in [1.82, 2.24) is 19.9 Å². The van der Waals surface area contributed by atoms with E-state index in [1.54, 1.807) is 37.5 Å². The van der Waals surface area contributed by atoms with Crippen LogP contribution in [0, 0.1) is 0 Å². The van der Waals surface area contributed by atoms with Crippen LogP contribution in [-0.4, -0.2) is 36.8 Å². The molecule has 2 heterocycles. The molecule has 0 aliphatic carbocycles. The van der Waals surface area contributed by atoms with Crippen molar-refractivity contribution >= 4 is 11.9 Å². The van der Waals surface area contributed by atoms with Crippen LogP contribution in [0.25, 0.3) is 0 Å². The molecule has 2 rings (SSSR count). The molecule has 2 aromatic heterocycles. The molecule has 0 saturated carbocycles. The van der Waals surface area contributed by atoms with Crippen LogP contribution in [0.5, 0.6) is 0 Å². The molecule has 114 valence electrons. The Kier molecular flexibility index (Phi) is 4.77. The molecule has 22 heavy (non-hydrogen) atoms. The van der Waals surface area contributed by atoms with Gasteiger partial charge in [-0.1, -0.05) is 0 Å². The fraction of sp³-hybridized carbons (Fsp3) is 0.267. The number of amides is 1. The highest BCUT2D eigenvalue weighted by Gasteiger charge is 2.23. The summed E-state index contributed by atoms with van der Waals surface area (Å²) >= 11 is 0. The lowest BCUT2D eigenvalue weighted by molar-refractivity contribution is 0.101. The van der Waals surface area contributed by atoms with Crippen molar-refractivity contribution in [2.75, 3.05) is 0 Å². The molecule has 0 radical (unpaired) electrons. The molecule has 0 saturated heterocycles. The number of rotatable bonds is 5. The van der Waals surface area contributed by atoms with E-state index in [0.29, 0.717) is 17.1 Å². The molecule has 0 aliphatic rings. The average Bonchev–Trinajstić information content (AvgIpc) is 2.53. The van der Waals surface area contributed by atoms with Crippen LogP contribution in [0.3, 0.4) is 0 Å². The van der Waals surface area contributed by atoms with E-state index in [4.69, 9.17) is 0 Å². The number of carbonyl (C=O) groups is 2. The van der Waals surface area contributed by atoms with Crippen molar-refractivity contribution in [1.29, 1.82) is 0 Å². The standard InChI is InChI=1S/C15H16N4O3/c1-10(14-16-6-3-7-17-14)19(15(21)22)9-13-5-4-12(8-18-13)11(2)20/h3-8,10H,9H2,1-2H3,(H,21,22)/t10-/m1/s1. The first-order valence-corrected chi connectivity index (χ1v) is 6.71. The quantitative estimate of drug-likeness (QED) is 0.851. The van der Waals surface area contributed by atoms with Crippen LogP contribution in [0.1, 0.15) is 41.8 Å². The molecule has 1 N–H and O–H groups in total. The van der Waals surface area contributed by atoms with Crippen LogP contribution in [0.2, 0.25) is 0 Å². The summed E-state index contributed by atoms with van der Waals surface area (Å²) in [4.78, 5) is 36.2. The smallest absolute Gasteiger partial charge is 0.408 e. The molecular weight excluding hydrogens is 284 g/mol. The number of nitrogens with zero attached hydrogens (tertiary/aromatic N) is 4. The number of carboxylic acid groups (broad SMARTS) is 1. The fourth-order valence-electron chi connectivity index (χ4n) is 1.94. The Hall–Kier alpha value is -2.83. The van der Waals surface area contributed by atoms with E-state index in [1.165, 1.54) is 18.0 Å². The maximum Gasteiger partial charge on any atom is 0.408 e. The van der Waals surface area contributed by atoms with Gasteiger partial charge in [0.1, 0.15) is 0 Å². The third-order valence-corrected chi connectivity index (χ3v) is 3.24. The van der Waals surface area contributed by atoms with Gasteiger partial charge in [0.15, 0.2) is 11.6 Å². The third-order valence-electron chi connectivity index (χ3n) is 3.24. The Morgan fingerprint density at radius 3 is 2.41 bits per heavy atom. The zero-order valence-corrected chi connectivity index (χ0v) is 12.3. The van der Waals surface area contributed by atoms with Gasteiger partial charge in [-0.3, -0.25) is 14.7 Å². The van der Waals surface area contributed by atoms with Crippen molar-refractivity contribution in [3.63, 3.8) is 0 Å². The molecule has 0 aliphatic heterocycles. The van der Waals surface area contributed by atoms with Gasteiger partial charge in [-0.2, -0.15) is 0 Å². The van der Waals surface area contributed by atoms with Crippen molar-refractivity contribution in [2.24, 2.45) is 0 Å². The number of pyridine rings is 1. The van der Waals surface area contributed by atoms with Crippen LogP contribution >= 0.6 is 0 Å². The van der Waals surface area contributed by atoms with E-state index >= 15 is 0 Å². The van der Waals surface area contributed by atoms with E-state index in [0.717, 1.165) is 0 Å². The van der Waals surface area contributed by atoms with E-state index in [9.17, 15) is 14.7 Å². The summed E-state index contributed by atoms with van der Waals surface area (Å²) in [5, 5.41) is 9.40. The van der Waals surface area contributed by atoms with E-state index < -0.39 is 12.1 Å². The summed E-state index contributed by atoms with van der Waals surface area (Å²) in [6.45, 7) is 3.26. The van der Waals surface area contributed by atoms with Gasteiger partial charge in [0.25, 0.3) is 0 Å². The lowest BCUT2D eigenvalue weighted by Crippen LogP contribution is -2.33. The second-order valence-corrected chi connectivity index (χ2v) is 4.79. The first-order valence-electron chi connectivity index (χ1n) is 6.71. The maximum atomic E-state index is 11.5. The molecule has 0 aromatic carbocycles. The van der Waals surface area contributed by atoms with Gasteiger partial charge in [0.05, 0.1) is 18.3 Å². The Morgan fingerprint density at radius 2 is 1.91 bits per heavy atom. The lowest BCUT2D eigenvalue weighted by atomic mass is 10.2. The second kappa shape index (κ2) is 6.75. The third kappa shape index (κ3) is 3.63. The molecule has 0 unspecified atom stereocenters. The minimum atomic E-state index is -1.09. The van der Waals surface area contributed by atoms with Gasteiger partial charge in [-0.25, -0.2) is 14.8 Å². The van der Waals surface area contributed by atoms with E-state index in [1.807, 2.05) is 0 Å². The van der Waals surface area contributed by atoms with E-state index in [-0.39, 0.29) is 12.3 Å². The molecule has 7 nitrogen and oxygen atoms in total. The number of Topliss-reactive ketones (excluding diaryl/α,β-unsaturated/α-hetero) is 1. The fourth-order valence-corrected chi connectivity index (χ4v) is 1.94. The van der Waals surface area contributed by atoms with Crippen molar-refractivity contribution in [3.8, 4) is 0 Å². The monoisotopic (exact) mass is 300 g/mol. The first-order chi connectivity index (χ1) is 10.5. The largest absolute Gasteiger partial charge is 0.465 e. The summed E-state index contributed by atoms with van der Waals surface area (Å²) in [6, 6.07) is 4.44. The van der Waals surface area contributed by atoms with Crippen LogP contribution in [-0.2, 0) is 6.54 Å². The lowest BCUT2D eigenvalue weighted by Gasteiger charge is -2.24. The van der Waals surface area contributed by atoms with Crippen LogP contribution in [0.4, 0.5) is 4.79 Å². The van der Waals surface area contributed by atoms with Gasteiger partial charge in [0, 0.05) is 24.2 Å². The topological polar surface area (TPSA) is 96.3 Å². The Balaban J connectivity index is 2.18. The summed E-state index contributed by atoms with van der Waals surface area (Å²) in [7, 11) is 0. The highest BCUT2D eigenvalue weighted by atomic mass is 16.4. The van der Waals surface area contributed by atoms with E-state index in [2.05, 4.69) is 15.0 Å². The summed E-state index contributed by atoms with van der Waals surface area (Å²) in [5.74, 6) is 0.338. The van der Waals surface area contributed by atoms with Crippen LogP contribution < -0.4 is 0 Å². The van der Waals surface area contributed by atoms with Gasteiger partial charge in [-0.05, 0) is 32.0 Å². The molecule has 1 amide bonds. The number of hydrogen-bond acceptors (Lipinski definition) is 5. The normalized spacial score (nSPS) is 11.7. The number of ketones is 1. The van der Waals surface area contributed by atoms with Gasteiger partial charge >= 0.3 is 6.09 Å². The molecule has 7 heteroatoms. The predicted octanol–water partition coefficient (Wildman–Crippen LogP) is 2.32. The molecule has 2 aromatic rings. The van der Waals surface area contributed by atoms with Gasteiger partial charge in [-0.15, -0.1) is 0 Å². The molecule has 0 fully saturated rings. The Morgan fingerprint density at radius 1 is 1.23 bits per heavy atom. The number of aromatic nitrogens is 3. The van der Waals surface area contributed by atoms with Crippen molar-refractivity contribution < 1.29 is 14.7 Å². The van der Waals surface area contributed by atoms with Gasteiger partial charge < -0.3 is 5.11 Å². The second-order valence-electron chi connectivity index (χ2n) is 4.79. The zero-order valence-electron chi connectivity index (χ0n) is 12.3. The molecule has 0 spiro atoms.